The average Bonchev–Trinajstić information content (AvgIpc) is 2.91. The van der Waals surface area contributed by atoms with Gasteiger partial charge in [0, 0.05) is 32.2 Å². The number of nitriles is 1. The largest absolute Gasteiger partial charge is 0.381 e. The molecule has 2 saturated heterocycles. The fraction of sp³-hybridized carbons (Fsp3) is 0.667. The van der Waals surface area contributed by atoms with Crippen molar-refractivity contribution in [3.63, 3.8) is 0 Å². The third-order valence-electron chi connectivity index (χ3n) is 6.03. The van der Waals surface area contributed by atoms with Crippen LogP contribution in [0.5, 0.6) is 0 Å². The second kappa shape index (κ2) is 7.25. The van der Waals surface area contributed by atoms with Crippen molar-refractivity contribution in [2.24, 2.45) is 10.8 Å². The number of likely N-dealkylation sites (tertiary alicyclic amines) is 1. The molecule has 0 spiro atoms. The summed E-state index contributed by atoms with van der Waals surface area (Å²) in [7, 11) is 0. The van der Waals surface area contributed by atoms with E-state index < -0.39 is 0 Å². The van der Waals surface area contributed by atoms with Crippen molar-refractivity contribution in [3.8, 4) is 6.07 Å². The van der Waals surface area contributed by atoms with Gasteiger partial charge in [-0.15, -0.1) is 0 Å². The number of ether oxygens (including phenoxy) is 1. The van der Waals surface area contributed by atoms with Crippen LogP contribution in [0, 0.1) is 22.2 Å². The molecule has 0 saturated carbocycles. The Bertz CT molecular complexity index is 569. The zero-order valence-corrected chi connectivity index (χ0v) is 15.1. The molecular formula is C21H30N2O. The molecule has 0 bridgehead atoms. The topological polar surface area (TPSA) is 36.3 Å². The molecule has 1 atom stereocenters. The Morgan fingerprint density at radius 2 is 1.92 bits per heavy atom. The third-order valence-corrected chi connectivity index (χ3v) is 6.03. The lowest BCUT2D eigenvalue weighted by molar-refractivity contribution is 0.0351. The van der Waals surface area contributed by atoms with Gasteiger partial charge in [0.1, 0.15) is 0 Å². The van der Waals surface area contributed by atoms with Crippen molar-refractivity contribution in [3.05, 3.63) is 35.9 Å². The summed E-state index contributed by atoms with van der Waals surface area (Å²) < 4.78 is 5.44. The standard InChI is InChI=1S/C21H30N2O/c1-20(2)17-23(15-19(20)18-7-4-3-5-8-18)12-6-9-21(16-22)10-13-24-14-11-21/h3-5,7-8,19H,6,9-15,17H2,1-2H3/t19-/m1/s1. The fourth-order valence-corrected chi connectivity index (χ4v) is 4.49. The van der Waals surface area contributed by atoms with Crippen LogP contribution < -0.4 is 0 Å². The minimum absolute atomic E-state index is 0.133. The van der Waals surface area contributed by atoms with Gasteiger partial charge in [-0.1, -0.05) is 44.2 Å². The van der Waals surface area contributed by atoms with Gasteiger partial charge >= 0.3 is 0 Å². The maximum atomic E-state index is 9.59. The molecule has 1 aromatic rings. The van der Waals surface area contributed by atoms with Gasteiger partial charge in [-0.3, -0.25) is 0 Å². The van der Waals surface area contributed by atoms with E-state index in [0.29, 0.717) is 11.3 Å². The molecule has 24 heavy (non-hydrogen) atoms. The van der Waals surface area contributed by atoms with Gasteiger partial charge in [-0.2, -0.15) is 5.26 Å². The highest BCUT2D eigenvalue weighted by atomic mass is 16.5. The molecule has 0 unspecified atom stereocenters. The first-order valence-corrected chi connectivity index (χ1v) is 9.31. The summed E-state index contributed by atoms with van der Waals surface area (Å²) >= 11 is 0. The van der Waals surface area contributed by atoms with Crippen molar-refractivity contribution in [1.82, 2.24) is 4.90 Å². The van der Waals surface area contributed by atoms with Crippen LogP contribution in [-0.2, 0) is 4.74 Å². The summed E-state index contributed by atoms with van der Waals surface area (Å²) in [5.41, 5.74) is 1.64. The Labute approximate surface area is 146 Å². The van der Waals surface area contributed by atoms with E-state index in [1.165, 1.54) is 5.56 Å². The van der Waals surface area contributed by atoms with Crippen molar-refractivity contribution in [2.75, 3.05) is 32.8 Å². The normalized spacial score (nSPS) is 26.1. The lowest BCUT2D eigenvalue weighted by Gasteiger charge is -2.31. The summed E-state index contributed by atoms with van der Waals surface area (Å²) in [6, 6.07) is 13.5. The number of benzene rings is 1. The summed E-state index contributed by atoms with van der Waals surface area (Å²) in [4.78, 5) is 2.60. The first-order valence-electron chi connectivity index (χ1n) is 9.31. The first-order chi connectivity index (χ1) is 11.5. The van der Waals surface area contributed by atoms with E-state index in [2.05, 4.69) is 55.1 Å². The smallest absolute Gasteiger partial charge is 0.0691 e. The Morgan fingerprint density at radius 3 is 2.58 bits per heavy atom. The van der Waals surface area contributed by atoms with Crippen LogP contribution in [0.15, 0.2) is 30.3 Å². The zero-order valence-electron chi connectivity index (χ0n) is 15.1. The van der Waals surface area contributed by atoms with Gasteiger partial charge < -0.3 is 9.64 Å². The molecule has 3 heteroatoms. The summed E-state index contributed by atoms with van der Waals surface area (Å²) in [5.74, 6) is 0.603. The van der Waals surface area contributed by atoms with Gasteiger partial charge in [0.25, 0.3) is 0 Å². The first kappa shape index (κ1) is 17.5. The van der Waals surface area contributed by atoms with Crippen molar-refractivity contribution in [2.45, 2.75) is 45.4 Å². The van der Waals surface area contributed by atoms with Crippen LogP contribution in [0.4, 0.5) is 0 Å². The number of rotatable bonds is 5. The maximum Gasteiger partial charge on any atom is 0.0691 e. The minimum atomic E-state index is -0.133. The van der Waals surface area contributed by atoms with Crippen LogP contribution in [0.1, 0.15) is 51.0 Å². The van der Waals surface area contributed by atoms with E-state index in [0.717, 1.165) is 58.5 Å². The van der Waals surface area contributed by atoms with E-state index in [1.54, 1.807) is 0 Å². The second-order valence-corrected chi connectivity index (χ2v) is 8.30. The highest BCUT2D eigenvalue weighted by molar-refractivity contribution is 5.24. The maximum absolute atomic E-state index is 9.59. The van der Waals surface area contributed by atoms with Gasteiger partial charge in [0.05, 0.1) is 11.5 Å². The van der Waals surface area contributed by atoms with Gasteiger partial charge in [-0.05, 0) is 43.2 Å². The summed E-state index contributed by atoms with van der Waals surface area (Å²) in [6.07, 6.45) is 3.94. The predicted octanol–water partition coefficient (Wildman–Crippen LogP) is 4.21. The molecule has 130 valence electrons. The molecule has 0 aliphatic carbocycles. The van der Waals surface area contributed by atoms with Gasteiger partial charge in [0.2, 0.25) is 0 Å². The summed E-state index contributed by atoms with van der Waals surface area (Å²) in [6.45, 7) is 9.67. The van der Waals surface area contributed by atoms with E-state index in [-0.39, 0.29) is 5.41 Å². The number of nitrogens with zero attached hydrogens (tertiary/aromatic N) is 2. The molecule has 1 aromatic carbocycles. The van der Waals surface area contributed by atoms with Gasteiger partial charge in [0.15, 0.2) is 0 Å². The van der Waals surface area contributed by atoms with E-state index in [1.807, 2.05) is 0 Å². The number of hydrogen-bond acceptors (Lipinski definition) is 3. The van der Waals surface area contributed by atoms with Crippen LogP contribution in [-0.4, -0.2) is 37.7 Å². The lowest BCUT2D eigenvalue weighted by Crippen LogP contribution is -2.30. The Kier molecular flexibility index (Phi) is 5.27. The fourth-order valence-electron chi connectivity index (χ4n) is 4.49. The van der Waals surface area contributed by atoms with Crippen LogP contribution in [0.25, 0.3) is 0 Å². The SMILES string of the molecule is CC1(C)CN(CCCC2(C#N)CCOCC2)C[C@@H]1c1ccccc1. The predicted molar refractivity (Wildman–Crippen MR) is 96.7 cm³/mol. The molecule has 2 heterocycles. The Morgan fingerprint density at radius 1 is 1.21 bits per heavy atom. The molecule has 0 N–H and O–H groups in total. The molecule has 3 rings (SSSR count). The van der Waals surface area contributed by atoms with Crippen molar-refractivity contribution >= 4 is 0 Å². The van der Waals surface area contributed by atoms with Crippen molar-refractivity contribution in [1.29, 1.82) is 5.26 Å². The van der Waals surface area contributed by atoms with Crippen LogP contribution in [0.2, 0.25) is 0 Å². The van der Waals surface area contributed by atoms with Gasteiger partial charge in [-0.25, -0.2) is 0 Å². The van der Waals surface area contributed by atoms with E-state index in [9.17, 15) is 5.26 Å². The van der Waals surface area contributed by atoms with E-state index in [4.69, 9.17) is 4.74 Å². The zero-order chi connectivity index (χ0) is 17.0. The van der Waals surface area contributed by atoms with E-state index >= 15 is 0 Å². The Balaban J connectivity index is 1.55. The van der Waals surface area contributed by atoms with Crippen molar-refractivity contribution < 1.29 is 4.74 Å². The quantitative estimate of drug-likeness (QED) is 0.813. The molecule has 0 aromatic heterocycles. The minimum Gasteiger partial charge on any atom is -0.381 e. The van der Waals surface area contributed by atoms with Crippen LogP contribution in [0.3, 0.4) is 0 Å². The molecular weight excluding hydrogens is 296 g/mol. The van der Waals surface area contributed by atoms with Crippen LogP contribution >= 0.6 is 0 Å². The molecule has 0 amide bonds. The highest BCUT2D eigenvalue weighted by Crippen LogP contribution is 2.42. The molecule has 2 aliphatic heterocycles. The Hall–Kier alpha value is -1.37. The monoisotopic (exact) mass is 326 g/mol. The third kappa shape index (κ3) is 3.82. The molecule has 2 fully saturated rings. The number of hydrogen-bond donors (Lipinski definition) is 0. The lowest BCUT2D eigenvalue weighted by atomic mass is 9.78. The second-order valence-electron chi connectivity index (χ2n) is 8.30. The molecule has 0 radical (unpaired) electrons. The molecule has 2 aliphatic rings. The average molecular weight is 326 g/mol. The highest BCUT2D eigenvalue weighted by Gasteiger charge is 2.40. The summed E-state index contributed by atoms with van der Waals surface area (Å²) in [5, 5.41) is 9.59. The molecule has 3 nitrogen and oxygen atoms in total.